The van der Waals surface area contributed by atoms with E-state index in [1.54, 1.807) is 115 Å². The van der Waals surface area contributed by atoms with Gasteiger partial charge in [-0.15, -0.1) is 0 Å². The highest BCUT2D eigenvalue weighted by atomic mass is 35.5. The number of nitro groups is 1. The maximum absolute atomic E-state index is 14.3. The Kier molecular flexibility index (Phi) is 44.9. The van der Waals surface area contributed by atoms with Crippen LogP contribution in [0.25, 0.3) is 0 Å². The third kappa shape index (κ3) is 33.5. The normalized spacial score (nSPS) is 26.8. The number of alkyl carbamates (subject to hydrolysis) is 2. The van der Waals surface area contributed by atoms with Gasteiger partial charge in [0.05, 0.1) is 66.4 Å². The Balaban J connectivity index is 0.000000358. The van der Waals surface area contributed by atoms with Crippen molar-refractivity contribution in [3.63, 3.8) is 0 Å². The van der Waals surface area contributed by atoms with E-state index in [-0.39, 0.29) is 95.4 Å². The first-order chi connectivity index (χ1) is 66.5. The van der Waals surface area contributed by atoms with Crippen LogP contribution in [0, 0.1) is 27.9 Å². The molecule has 9 rings (SSSR count). The molecular formula is C94H134Cl2N10O30S5. The predicted octanol–water partition coefficient (Wildman–Crippen LogP) is 11.4. The number of likely N-dealkylation sites (N-methyl/N-ethyl adjacent to an activating group) is 2. The summed E-state index contributed by atoms with van der Waals surface area (Å²) in [4.78, 5) is 179. The Labute approximate surface area is 853 Å². The van der Waals surface area contributed by atoms with E-state index in [2.05, 4.69) is 38.3 Å². The molecule has 6 aliphatic rings. The van der Waals surface area contributed by atoms with Crippen molar-refractivity contribution in [1.29, 1.82) is 0 Å². The fraction of sp³-hybridized carbons (Fsp3) is 0.596. The third-order valence-corrected chi connectivity index (χ3v) is 31.7. The number of hydrogen-bond acceptors (Lipinski definition) is 35. The quantitative estimate of drug-likeness (QED) is 0.00505. The number of aliphatic carboxylic acids is 2. The number of hydrogen-bond donors (Lipinski definition) is 10. The molecule has 18 atom stereocenters. The lowest BCUT2D eigenvalue weighted by Gasteiger charge is -2.42. The van der Waals surface area contributed by atoms with Gasteiger partial charge in [0.15, 0.2) is 17.2 Å². The van der Waals surface area contributed by atoms with Crippen LogP contribution >= 0.6 is 79.0 Å². The number of carbonyl (C=O) groups is 12. The number of carboxylic acids is 2. The van der Waals surface area contributed by atoms with Crippen molar-refractivity contribution in [2.75, 3.05) is 91.1 Å². The zero-order valence-corrected chi connectivity index (χ0v) is 88.6. The molecule has 141 heavy (non-hydrogen) atoms. The van der Waals surface area contributed by atoms with Gasteiger partial charge in [-0.3, -0.25) is 64.0 Å². The number of aliphatic hydroxyl groups is 2. The Morgan fingerprint density at radius 3 is 1.52 bits per heavy atom. The van der Waals surface area contributed by atoms with Gasteiger partial charge in [-0.1, -0.05) is 161 Å². The Hall–Kier alpha value is -9.01. The number of para-hydroxylation sites is 1. The van der Waals surface area contributed by atoms with Crippen LogP contribution < -0.4 is 47.0 Å². The molecule has 3 aromatic rings. The maximum Gasteiger partial charge on any atom is 0.409 e. The number of esters is 2. The van der Waals surface area contributed by atoms with E-state index >= 15 is 0 Å². The van der Waals surface area contributed by atoms with Crippen molar-refractivity contribution in [2.24, 2.45) is 29.5 Å². The van der Waals surface area contributed by atoms with Gasteiger partial charge >= 0.3 is 36.1 Å². The third-order valence-electron chi connectivity index (χ3n) is 24.9. The molecule has 0 spiro atoms. The number of allylic oxidation sites excluding steroid dienone is 6. The van der Waals surface area contributed by atoms with Crippen molar-refractivity contribution in [2.45, 2.75) is 265 Å². The second-order valence-electron chi connectivity index (χ2n) is 36.7. The molecule has 784 valence electrons. The molecular weight excluding hydrogens is 1980 g/mol. The number of benzene rings is 3. The summed E-state index contributed by atoms with van der Waals surface area (Å²) in [5, 5.41) is 60.6. The molecule has 0 aliphatic carbocycles. The van der Waals surface area contributed by atoms with Gasteiger partial charge in [0, 0.05) is 115 Å². The SMILES string of the molecule is COc1cc2cc(c1Cl)N(C)C(=O)CC(OC(=O)C(C)N(C)C(=O)CCC(C)(C)S)C1(C)OC1C(C)C1CC(O)(NC(=O)O1)C(OC)/C=C/C=C(\C)C2.COc1cc2cc(c1Cl)N(C)C(=O)CC(OC(=O)C(C)N(C)C(=O)CCC(C)(C)SSCC(CC(=O)CON)C(=O)O)C1(C)OC1C(C)C1CC(O)(NC(=O)O1)C(OC)/C=C/C=C(\C)C2.NOCC(=O)NC(CSSc1ccccc1[N+](=O)[O-])C(=O)O.[2H]C. The molecule has 0 aromatic heterocycles. The first-order valence-corrected chi connectivity index (χ1v) is 50.5. The van der Waals surface area contributed by atoms with E-state index in [0.29, 0.717) is 53.5 Å². The molecule has 6 aliphatic heterocycles. The maximum atomic E-state index is 14.3. The van der Waals surface area contributed by atoms with Gasteiger partial charge < -0.3 is 92.7 Å². The van der Waals surface area contributed by atoms with E-state index in [0.717, 1.165) is 43.9 Å². The molecule has 18 unspecified atom stereocenters. The van der Waals surface area contributed by atoms with Crippen LogP contribution in [0.2, 0.25) is 10.0 Å². The smallest absolute Gasteiger partial charge is 0.409 e. The second-order valence-corrected chi connectivity index (χ2v) is 44.1. The lowest BCUT2D eigenvalue weighted by molar-refractivity contribution is -0.387. The van der Waals surface area contributed by atoms with E-state index in [1.807, 2.05) is 53.7 Å². The van der Waals surface area contributed by atoms with Crippen LogP contribution in [-0.2, 0) is 108 Å². The number of carboxylic acid groups (broad SMARTS) is 2. The molecule has 40 nitrogen and oxygen atoms in total. The number of thiol groups is 1. The van der Waals surface area contributed by atoms with Crippen LogP contribution in [0.15, 0.2) is 101 Å². The highest BCUT2D eigenvalue weighted by Gasteiger charge is 2.66. The first-order valence-electron chi connectivity index (χ1n) is 45.6. The average molecular weight is 2120 g/mol. The minimum atomic E-state index is -1.87. The molecule has 6 heterocycles. The van der Waals surface area contributed by atoms with Crippen LogP contribution in [-0.4, -0.2) is 287 Å². The summed E-state index contributed by atoms with van der Waals surface area (Å²) in [5.41, 5.74) is -2.12. The number of ketones is 1. The summed E-state index contributed by atoms with van der Waals surface area (Å²) < 4.78 is 63.5. The summed E-state index contributed by atoms with van der Waals surface area (Å²) in [6, 6.07) is 9.99. The number of ether oxygens (including phenoxy) is 10. The topological polar surface area (TPSA) is 547 Å². The number of halogens is 2. The number of nitrogens with zero attached hydrogens (tertiary/aromatic N) is 5. The lowest BCUT2D eigenvalue weighted by Crippen LogP contribution is -2.63. The standard InChI is InChI=1S/C44H63ClN4O14S2.C38H54ClN3O10S.C11H13N3O6S2.CH4/c1-24-12-11-13-33(59-10)44(57)21-32(61-41(56)47-44)25(2)38-43(6,63-38)34(20-36(52)49(8)30-17-27(16-24)18-31(58-9)37(30)45)62-40(55)26(3)48(7)35(51)14-15-42(4,5)65-64-23-28(39(53)54)19-29(50)22-60-46;1-21-12-11-13-28(49-10)38(47)20-27(50-35(46)40-38)22(2)33-37(6,52-33)29(51-34(45)23(3)41(7)30(43)14-15-36(4,5)53)19-31(44)42(8)25-17-24(16-21)18-26(48-9)32(25)39;12-20-5-10(15)13-7(11(16)17)6-21-22-9-4-2-1-3-8(9)14(18)19;/h11-13,17-18,25-26,28,32-34,38,57H,14-16,19-23,46H2,1-10H3,(H,47,56)(H,53,54);11-13,17-18,22-23,27-29,33,47,53H,14-16,19-20H2,1-10H3,(H,40,46);1-4,7H,5-6,12H2,(H,13,15)(H,16,17);1H4/b13-11+,24-12+;13-11+,21-12+;;/i;;;1D. The summed E-state index contributed by atoms with van der Waals surface area (Å²) in [7, 11) is 18.0. The fourth-order valence-electron chi connectivity index (χ4n) is 15.9. The number of Topliss-reactive ketones (excluding diaryl/α,β-unsaturated/α-hetero) is 1. The van der Waals surface area contributed by atoms with Crippen molar-refractivity contribution >= 4 is 167 Å². The highest BCUT2D eigenvalue weighted by Crippen LogP contribution is 2.52. The van der Waals surface area contributed by atoms with Crippen molar-refractivity contribution in [1.82, 2.24) is 25.8 Å². The van der Waals surface area contributed by atoms with Crippen LogP contribution in [0.3, 0.4) is 0 Å². The molecule has 0 saturated carbocycles. The minimum absolute atomic E-state index is 0.0162. The number of nitrogens with one attached hydrogen (secondary N) is 3. The van der Waals surface area contributed by atoms with Gasteiger partial charge in [-0.2, -0.15) is 12.6 Å². The largest absolute Gasteiger partial charge is 0.495 e. The number of amides is 7. The van der Waals surface area contributed by atoms with E-state index < -0.39 is 183 Å². The predicted molar refractivity (Wildman–Crippen MR) is 536 cm³/mol. The molecule has 7 amide bonds. The van der Waals surface area contributed by atoms with Gasteiger partial charge in [0.25, 0.3) is 5.69 Å². The number of anilines is 2. The summed E-state index contributed by atoms with van der Waals surface area (Å²) in [6.07, 6.45) is 2.26. The number of methoxy groups -OCH3 is 4. The zero-order chi connectivity index (χ0) is 107. The van der Waals surface area contributed by atoms with Crippen LogP contribution in [0.1, 0.15) is 161 Å². The van der Waals surface area contributed by atoms with Gasteiger partial charge in [-0.25, -0.2) is 35.8 Å². The zero-order valence-electron chi connectivity index (χ0n) is 83.9. The van der Waals surface area contributed by atoms with Gasteiger partial charge in [0.2, 0.25) is 29.5 Å². The number of rotatable bonds is 34. The lowest BCUT2D eigenvalue weighted by atomic mass is 9.83. The van der Waals surface area contributed by atoms with E-state index in [1.165, 1.54) is 104 Å². The van der Waals surface area contributed by atoms with Gasteiger partial charge in [-0.05, 0) is 123 Å². The van der Waals surface area contributed by atoms with Crippen molar-refractivity contribution in [3.8, 4) is 11.5 Å². The molecule has 4 saturated heterocycles. The monoisotopic (exact) mass is 2110 g/mol. The number of nitrogens with two attached hydrogens (primary N) is 2. The van der Waals surface area contributed by atoms with E-state index in [9.17, 15) is 83.0 Å². The van der Waals surface area contributed by atoms with E-state index in [4.69, 9.17) is 88.8 Å². The number of nitro benzene ring substituents is 1. The first kappa shape index (κ1) is 119. The number of fused-ring (bicyclic) bond motifs is 10. The second kappa shape index (κ2) is 53.2. The molecule has 0 radical (unpaired) electrons. The Morgan fingerprint density at radius 2 is 1.13 bits per heavy atom. The Bertz CT molecular complexity index is 5100. The molecule has 8 bridgehead atoms. The average Bonchev–Trinajstić information content (AvgIpc) is 1.57. The molecule has 47 heteroatoms. The van der Waals surface area contributed by atoms with Crippen molar-refractivity contribution < 1.29 is 141 Å². The summed E-state index contributed by atoms with van der Waals surface area (Å²) >= 11 is 18.1. The van der Waals surface area contributed by atoms with Crippen molar-refractivity contribution in [3.05, 3.63) is 127 Å². The molecule has 11 N–H and O–H groups in total. The van der Waals surface area contributed by atoms with Gasteiger partial charge in [0.1, 0.15) is 101 Å². The summed E-state index contributed by atoms with van der Waals surface area (Å²) in [6.45, 7) is 20.6. The molecule has 4 fully saturated rings. The highest BCUT2D eigenvalue weighted by molar-refractivity contribution is 8.77. The Morgan fingerprint density at radius 1 is 0.695 bits per heavy atom. The van der Waals surface area contributed by atoms with Crippen LogP contribution in [0.4, 0.5) is 26.7 Å². The molecule has 3 aromatic carbocycles. The fourth-order valence-corrected chi connectivity index (χ4v) is 21.9. The number of epoxide rings is 2. The minimum Gasteiger partial charge on any atom is -0.495 e. The number of carbonyl (C=O) groups excluding carboxylic acids is 10. The van der Waals surface area contributed by atoms with Crippen LogP contribution in [0.5, 0.6) is 11.5 Å². The summed E-state index contributed by atoms with van der Waals surface area (Å²) in [5.74, 6) is 1.98.